The van der Waals surface area contributed by atoms with Crippen LogP contribution in [0.25, 0.3) is 0 Å². The third kappa shape index (κ3) is 3.98. The lowest BCUT2D eigenvalue weighted by Gasteiger charge is -2.26. The maximum atomic E-state index is 12.8. The summed E-state index contributed by atoms with van der Waals surface area (Å²) in [7, 11) is 0. The minimum absolute atomic E-state index is 0.190. The second-order valence-corrected chi connectivity index (χ2v) is 5.65. The first-order valence-electron chi connectivity index (χ1n) is 7.87. The molecule has 0 bridgehead atoms. The normalized spacial score (nSPS) is 11.7. The molecule has 2 amide bonds. The summed E-state index contributed by atoms with van der Waals surface area (Å²) in [6.07, 6.45) is 5.69. The molecule has 0 saturated carbocycles. The maximum absolute atomic E-state index is 12.8. The van der Waals surface area contributed by atoms with E-state index in [2.05, 4.69) is 5.32 Å². The number of furan rings is 2. The molecule has 25 heavy (non-hydrogen) atoms. The number of benzene rings is 1. The molecular weight excluding hydrogens is 320 g/mol. The summed E-state index contributed by atoms with van der Waals surface area (Å²) in [5, 5.41) is 2.87. The average molecular weight is 338 g/mol. The third-order valence-corrected chi connectivity index (χ3v) is 3.70. The molecule has 6 nitrogen and oxygen atoms in total. The van der Waals surface area contributed by atoms with Crippen molar-refractivity contribution in [3.63, 3.8) is 0 Å². The topological polar surface area (TPSA) is 75.7 Å². The van der Waals surface area contributed by atoms with Crippen LogP contribution in [-0.2, 0) is 0 Å². The van der Waals surface area contributed by atoms with Gasteiger partial charge in [0.15, 0.2) is 0 Å². The number of carbonyl (C=O) groups is 2. The molecule has 0 radical (unpaired) electrons. The molecule has 128 valence electrons. The van der Waals surface area contributed by atoms with E-state index >= 15 is 0 Å². The zero-order valence-corrected chi connectivity index (χ0v) is 13.7. The molecule has 3 aromatic rings. The molecule has 0 aliphatic rings. The summed E-state index contributed by atoms with van der Waals surface area (Å²) in [6, 6.07) is 12.2. The Morgan fingerprint density at radius 1 is 1.00 bits per heavy atom. The maximum Gasteiger partial charge on any atom is 0.261 e. The molecule has 0 saturated heterocycles. The Morgan fingerprint density at radius 3 is 2.24 bits per heavy atom. The van der Waals surface area contributed by atoms with Crippen molar-refractivity contribution in [3.05, 3.63) is 78.6 Å². The van der Waals surface area contributed by atoms with Crippen molar-refractivity contribution >= 4 is 17.5 Å². The van der Waals surface area contributed by atoms with Crippen molar-refractivity contribution in [2.75, 3.05) is 11.4 Å². The molecule has 2 heterocycles. The zero-order chi connectivity index (χ0) is 17.6. The first-order valence-corrected chi connectivity index (χ1v) is 7.87. The van der Waals surface area contributed by atoms with Crippen LogP contribution in [0, 0.1) is 0 Å². The molecule has 2 aromatic heterocycles. The second kappa shape index (κ2) is 7.53. The van der Waals surface area contributed by atoms with Gasteiger partial charge in [-0.15, -0.1) is 0 Å². The Kier molecular flexibility index (Phi) is 4.99. The van der Waals surface area contributed by atoms with Crippen LogP contribution in [0.4, 0.5) is 5.69 Å². The molecule has 1 N–H and O–H groups in total. The lowest BCUT2D eigenvalue weighted by Crippen LogP contribution is -2.44. The SMILES string of the molecule is C[C@H](CN(C(=O)c1ccoc1)c1ccccc1)NC(=O)c1ccoc1. The van der Waals surface area contributed by atoms with Gasteiger partial charge in [0.2, 0.25) is 0 Å². The highest BCUT2D eigenvalue weighted by Crippen LogP contribution is 2.18. The molecule has 1 atom stereocenters. The van der Waals surface area contributed by atoms with Crippen molar-refractivity contribution in [3.8, 4) is 0 Å². The molecule has 3 rings (SSSR count). The van der Waals surface area contributed by atoms with Gasteiger partial charge in [-0.05, 0) is 31.2 Å². The number of amides is 2. The van der Waals surface area contributed by atoms with E-state index < -0.39 is 0 Å². The number of anilines is 1. The van der Waals surface area contributed by atoms with Crippen LogP contribution in [-0.4, -0.2) is 24.4 Å². The van der Waals surface area contributed by atoms with Crippen LogP contribution in [0.1, 0.15) is 27.6 Å². The van der Waals surface area contributed by atoms with E-state index in [0.717, 1.165) is 5.69 Å². The van der Waals surface area contributed by atoms with Gasteiger partial charge in [0, 0.05) is 18.3 Å². The highest BCUT2D eigenvalue weighted by molar-refractivity contribution is 6.06. The molecule has 0 aliphatic heterocycles. The predicted molar refractivity (Wildman–Crippen MR) is 92.5 cm³/mol. The van der Waals surface area contributed by atoms with Crippen LogP contribution in [0.2, 0.25) is 0 Å². The van der Waals surface area contributed by atoms with E-state index in [1.54, 1.807) is 17.0 Å². The average Bonchev–Trinajstić information content (AvgIpc) is 3.33. The summed E-state index contributed by atoms with van der Waals surface area (Å²) in [5.41, 5.74) is 1.65. The molecular formula is C19H18N2O4. The van der Waals surface area contributed by atoms with Crippen LogP contribution in [0.5, 0.6) is 0 Å². The van der Waals surface area contributed by atoms with Gasteiger partial charge in [0.25, 0.3) is 11.8 Å². The minimum atomic E-state index is -0.265. The number of rotatable bonds is 6. The van der Waals surface area contributed by atoms with E-state index in [4.69, 9.17) is 8.83 Å². The molecule has 0 fully saturated rings. The van der Waals surface area contributed by atoms with Crippen LogP contribution < -0.4 is 10.2 Å². The predicted octanol–water partition coefficient (Wildman–Crippen LogP) is 3.34. The number of nitrogens with zero attached hydrogens (tertiary/aromatic N) is 1. The van der Waals surface area contributed by atoms with Crippen LogP contribution >= 0.6 is 0 Å². The van der Waals surface area contributed by atoms with Gasteiger partial charge in [0.05, 0.1) is 23.7 Å². The smallest absolute Gasteiger partial charge is 0.261 e. The van der Waals surface area contributed by atoms with Crippen LogP contribution in [0.15, 0.2) is 76.4 Å². The number of hydrogen-bond donors (Lipinski definition) is 1. The fraction of sp³-hybridized carbons (Fsp3) is 0.158. The molecule has 6 heteroatoms. The number of hydrogen-bond acceptors (Lipinski definition) is 4. The van der Waals surface area contributed by atoms with Crippen molar-refractivity contribution in [2.24, 2.45) is 0 Å². The first kappa shape index (κ1) is 16.6. The van der Waals surface area contributed by atoms with Gasteiger partial charge in [-0.1, -0.05) is 18.2 Å². The van der Waals surface area contributed by atoms with Gasteiger partial charge in [-0.3, -0.25) is 9.59 Å². The van der Waals surface area contributed by atoms with Crippen molar-refractivity contribution in [2.45, 2.75) is 13.0 Å². The standard InChI is InChI=1S/C19H18N2O4/c1-14(20-18(22)15-7-9-24-12-15)11-21(17-5-3-2-4-6-17)19(23)16-8-10-25-13-16/h2-10,12-14H,11H2,1H3,(H,20,22)/t14-/m1/s1. The van der Waals surface area contributed by atoms with Gasteiger partial charge < -0.3 is 19.1 Å². The first-order chi connectivity index (χ1) is 12.1. The monoisotopic (exact) mass is 338 g/mol. The van der Waals surface area contributed by atoms with E-state index in [1.807, 2.05) is 37.3 Å². The minimum Gasteiger partial charge on any atom is -0.472 e. The van der Waals surface area contributed by atoms with Gasteiger partial charge in [-0.2, -0.15) is 0 Å². The molecule has 0 unspecified atom stereocenters. The molecule has 0 aliphatic carbocycles. The summed E-state index contributed by atoms with van der Waals surface area (Å²) in [4.78, 5) is 26.6. The van der Waals surface area contributed by atoms with Gasteiger partial charge >= 0.3 is 0 Å². The summed E-state index contributed by atoms with van der Waals surface area (Å²) in [6.45, 7) is 2.16. The highest BCUT2D eigenvalue weighted by atomic mass is 16.3. The van der Waals surface area contributed by atoms with E-state index in [1.165, 1.54) is 25.1 Å². The van der Waals surface area contributed by atoms with E-state index in [9.17, 15) is 9.59 Å². The summed E-state index contributed by atoms with van der Waals surface area (Å²) in [5.74, 6) is -0.436. The zero-order valence-electron chi connectivity index (χ0n) is 13.7. The number of para-hydroxylation sites is 1. The second-order valence-electron chi connectivity index (χ2n) is 5.65. The Bertz CT molecular complexity index is 811. The largest absolute Gasteiger partial charge is 0.472 e. The summed E-state index contributed by atoms with van der Waals surface area (Å²) >= 11 is 0. The van der Waals surface area contributed by atoms with Gasteiger partial charge in [0.1, 0.15) is 12.5 Å². The molecule has 0 spiro atoms. The number of carbonyl (C=O) groups excluding carboxylic acids is 2. The Morgan fingerprint density at radius 2 is 1.64 bits per heavy atom. The highest BCUT2D eigenvalue weighted by Gasteiger charge is 2.22. The Labute approximate surface area is 145 Å². The van der Waals surface area contributed by atoms with Crippen LogP contribution in [0.3, 0.4) is 0 Å². The van der Waals surface area contributed by atoms with E-state index in [0.29, 0.717) is 17.7 Å². The van der Waals surface area contributed by atoms with Crippen molar-refractivity contribution in [1.29, 1.82) is 0 Å². The fourth-order valence-corrected chi connectivity index (χ4v) is 2.48. The fourth-order valence-electron chi connectivity index (χ4n) is 2.48. The lowest BCUT2D eigenvalue weighted by atomic mass is 10.2. The lowest BCUT2D eigenvalue weighted by molar-refractivity contribution is 0.0927. The third-order valence-electron chi connectivity index (χ3n) is 3.70. The van der Waals surface area contributed by atoms with Gasteiger partial charge in [-0.25, -0.2) is 0 Å². The molecule has 1 aromatic carbocycles. The Hall–Kier alpha value is -3.28. The quantitative estimate of drug-likeness (QED) is 0.748. The van der Waals surface area contributed by atoms with E-state index in [-0.39, 0.29) is 17.9 Å². The van der Waals surface area contributed by atoms with Crippen molar-refractivity contribution < 1.29 is 18.4 Å². The Balaban J connectivity index is 1.75. The summed E-state index contributed by atoms with van der Waals surface area (Å²) < 4.78 is 9.93. The number of nitrogens with one attached hydrogen (secondary N) is 1. The van der Waals surface area contributed by atoms with Crippen molar-refractivity contribution in [1.82, 2.24) is 5.32 Å².